The Morgan fingerprint density at radius 2 is 1.77 bits per heavy atom. The molecule has 4 atom stereocenters. The lowest BCUT2D eigenvalue weighted by Gasteiger charge is -2.26. The number of phenols is 1. The maximum Gasteiger partial charge on any atom is 0.243 e. The highest BCUT2D eigenvalue weighted by Crippen LogP contribution is 2.31. The Hall–Kier alpha value is -3.44. The van der Waals surface area contributed by atoms with Gasteiger partial charge in [0.15, 0.2) is 17.3 Å². The van der Waals surface area contributed by atoms with Crippen molar-refractivity contribution in [2.24, 2.45) is 0 Å². The second-order valence-electron chi connectivity index (χ2n) is 11.5. The number of aromatic hydroxyl groups is 1. The van der Waals surface area contributed by atoms with Gasteiger partial charge >= 0.3 is 0 Å². The van der Waals surface area contributed by atoms with Crippen molar-refractivity contribution in [2.45, 2.75) is 95.5 Å². The number of hydrogen-bond acceptors (Lipinski definition) is 8. The summed E-state index contributed by atoms with van der Waals surface area (Å²) in [7, 11) is 1.42. The number of benzene rings is 1. The average molecular weight is 560 g/mol. The van der Waals surface area contributed by atoms with Gasteiger partial charge in [0, 0.05) is 6.42 Å². The number of epoxide rings is 1. The van der Waals surface area contributed by atoms with Crippen LogP contribution in [0.4, 0.5) is 0 Å². The predicted octanol–water partition coefficient (Wildman–Crippen LogP) is 1.44. The van der Waals surface area contributed by atoms with Gasteiger partial charge in [-0.2, -0.15) is 0 Å². The molecule has 1 heterocycles. The summed E-state index contributed by atoms with van der Waals surface area (Å²) in [5.41, 5.74) is -0.572. The maximum atomic E-state index is 13.6. The summed E-state index contributed by atoms with van der Waals surface area (Å²) in [5.74, 6) is -1.83. The van der Waals surface area contributed by atoms with Crippen LogP contribution in [-0.4, -0.2) is 76.8 Å². The molecule has 1 aromatic rings. The van der Waals surface area contributed by atoms with Gasteiger partial charge in [-0.1, -0.05) is 17.7 Å². The summed E-state index contributed by atoms with van der Waals surface area (Å²) < 4.78 is 10.4. The molecule has 1 aliphatic carbocycles. The van der Waals surface area contributed by atoms with Gasteiger partial charge < -0.3 is 35.6 Å². The summed E-state index contributed by atoms with van der Waals surface area (Å²) in [4.78, 5) is 52.1. The molecule has 1 saturated heterocycles. The van der Waals surface area contributed by atoms with Crippen LogP contribution in [0.1, 0.15) is 65.4 Å². The number of Topliss-reactive ketones (excluding diaryl/α,β-unsaturated/α-hetero) is 1. The first-order valence-electron chi connectivity index (χ1n) is 13.6. The molecule has 220 valence electrons. The Morgan fingerprint density at radius 3 is 2.33 bits per heavy atom. The number of phenolic OH excluding ortho intramolecular Hbond substituents is 1. The standard InChI is InChI=1S/C29H41N3O8/c1-17(30-24(34)15-28(2,3)38)26(36)32-21(13-19-10-11-23(39-5)22(33)14-19)27(37)31-20(12-18-8-6-7-9-18)25(35)29(4)16-40-29/h8,10-11,14,17,20-21,33,38H,6-7,9,12-13,15-16H2,1-5H3,(H,30,34)(H,31,37)(H,32,36)/t17-,20+,21+,29-/m1/s1. The summed E-state index contributed by atoms with van der Waals surface area (Å²) in [6.07, 6.45) is 5.00. The SMILES string of the molecule is COc1ccc(C[C@H](NC(=O)[C@@H](C)NC(=O)CC(C)(C)O)C(=O)N[C@@H](CC2=CCCC2)C(=O)[C@@]2(C)CO2)cc1O. The van der Waals surface area contributed by atoms with Crippen LogP contribution in [0.25, 0.3) is 0 Å². The number of nitrogens with one attached hydrogen (secondary N) is 3. The van der Waals surface area contributed by atoms with Gasteiger partial charge in [0.2, 0.25) is 17.7 Å². The van der Waals surface area contributed by atoms with E-state index < -0.39 is 47.0 Å². The van der Waals surface area contributed by atoms with E-state index in [9.17, 15) is 29.4 Å². The van der Waals surface area contributed by atoms with Crippen LogP contribution in [0.3, 0.4) is 0 Å². The van der Waals surface area contributed by atoms with E-state index >= 15 is 0 Å². The highest BCUT2D eigenvalue weighted by atomic mass is 16.6. The third kappa shape index (κ3) is 8.79. The maximum absolute atomic E-state index is 13.6. The number of carbonyl (C=O) groups is 4. The van der Waals surface area contributed by atoms with E-state index in [0.29, 0.717) is 12.0 Å². The van der Waals surface area contributed by atoms with Crippen LogP contribution in [0, 0.1) is 0 Å². The highest BCUT2D eigenvalue weighted by molar-refractivity contribution is 5.98. The van der Waals surface area contributed by atoms with Crippen molar-refractivity contribution in [3.05, 3.63) is 35.4 Å². The molecule has 0 spiro atoms. The molecule has 11 nitrogen and oxygen atoms in total. The van der Waals surface area contributed by atoms with Crippen molar-refractivity contribution in [1.29, 1.82) is 0 Å². The molecule has 0 radical (unpaired) electrons. The normalized spacial score (nSPS) is 20.5. The quantitative estimate of drug-likeness (QED) is 0.169. The molecule has 1 aliphatic heterocycles. The molecule has 11 heteroatoms. The van der Waals surface area contributed by atoms with Crippen molar-refractivity contribution in [1.82, 2.24) is 16.0 Å². The summed E-state index contributed by atoms with van der Waals surface area (Å²) >= 11 is 0. The fourth-order valence-electron chi connectivity index (χ4n) is 4.64. The van der Waals surface area contributed by atoms with Gasteiger partial charge in [-0.25, -0.2) is 0 Å². The first-order chi connectivity index (χ1) is 18.7. The summed E-state index contributed by atoms with van der Waals surface area (Å²) in [5, 5.41) is 28.2. The van der Waals surface area contributed by atoms with Crippen molar-refractivity contribution in [3.8, 4) is 11.5 Å². The first-order valence-corrected chi connectivity index (χ1v) is 13.6. The number of ether oxygens (including phenoxy) is 2. The molecule has 0 aromatic heterocycles. The number of carbonyl (C=O) groups excluding carboxylic acids is 4. The minimum atomic E-state index is -1.25. The van der Waals surface area contributed by atoms with Crippen LogP contribution in [-0.2, 0) is 30.3 Å². The zero-order chi connectivity index (χ0) is 29.7. The molecule has 0 saturated carbocycles. The molecular formula is C29H41N3O8. The van der Waals surface area contributed by atoms with E-state index in [1.165, 1.54) is 33.9 Å². The van der Waals surface area contributed by atoms with Crippen LogP contribution in [0.2, 0.25) is 0 Å². The Morgan fingerprint density at radius 1 is 1.10 bits per heavy atom. The van der Waals surface area contributed by atoms with Crippen LogP contribution < -0.4 is 20.7 Å². The second-order valence-corrected chi connectivity index (χ2v) is 11.5. The Bertz CT molecular complexity index is 1150. The monoisotopic (exact) mass is 559 g/mol. The molecule has 2 aliphatic rings. The van der Waals surface area contributed by atoms with Gasteiger partial charge in [0.05, 0.1) is 31.8 Å². The molecule has 3 amide bonds. The first kappa shape index (κ1) is 31.1. The number of rotatable bonds is 14. The number of aliphatic hydroxyl groups is 1. The third-order valence-electron chi connectivity index (χ3n) is 7.01. The molecule has 3 rings (SSSR count). The molecule has 0 bridgehead atoms. The number of methoxy groups -OCH3 is 1. The number of hydrogen-bond donors (Lipinski definition) is 5. The fraction of sp³-hybridized carbons (Fsp3) is 0.586. The van der Waals surface area contributed by atoms with Crippen molar-refractivity contribution in [2.75, 3.05) is 13.7 Å². The minimum Gasteiger partial charge on any atom is -0.504 e. The zero-order valence-corrected chi connectivity index (χ0v) is 23.8. The Labute approximate surface area is 234 Å². The average Bonchev–Trinajstić information content (AvgIpc) is 3.40. The lowest BCUT2D eigenvalue weighted by Crippen LogP contribution is -2.57. The minimum absolute atomic E-state index is 0.00313. The van der Waals surface area contributed by atoms with E-state index in [1.807, 2.05) is 0 Å². The predicted molar refractivity (Wildman–Crippen MR) is 147 cm³/mol. The van der Waals surface area contributed by atoms with Crippen LogP contribution in [0.5, 0.6) is 11.5 Å². The lowest BCUT2D eigenvalue weighted by atomic mass is 9.94. The second kappa shape index (κ2) is 12.8. The fourth-order valence-corrected chi connectivity index (χ4v) is 4.64. The largest absolute Gasteiger partial charge is 0.504 e. The Balaban J connectivity index is 1.79. The zero-order valence-electron chi connectivity index (χ0n) is 23.8. The molecule has 40 heavy (non-hydrogen) atoms. The molecule has 1 fully saturated rings. The summed E-state index contributed by atoms with van der Waals surface area (Å²) in [6, 6.07) is 1.67. The van der Waals surface area contributed by atoms with Gasteiger partial charge in [0.1, 0.15) is 17.7 Å². The van der Waals surface area contributed by atoms with Crippen molar-refractivity contribution >= 4 is 23.5 Å². The molecule has 0 unspecified atom stereocenters. The van der Waals surface area contributed by atoms with E-state index in [0.717, 1.165) is 24.8 Å². The van der Waals surface area contributed by atoms with Crippen molar-refractivity contribution in [3.63, 3.8) is 0 Å². The summed E-state index contributed by atoms with van der Waals surface area (Å²) in [6.45, 7) is 6.40. The number of ketones is 1. The van der Waals surface area contributed by atoms with E-state index in [-0.39, 0.29) is 36.7 Å². The highest BCUT2D eigenvalue weighted by Gasteiger charge is 2.50. The van der Waals surface area contributed by atoms with Crippen molar-refractivity contribution < 1.29 is 38.9 Å². The van der Waals surface area contributed by atoms with Gasteiger partial charge in [-0.15, -0.1) is 0 Å². The topological polar surface area (TPSA) is 167 Å². The Kier molecular flexibility index (Phi) is 9.96. The number of amides is 3. The lowest BCUT2D eigenvalue weighted by molar-refractivity contribution is -0.134. The van der Waals surface area contributed by atoms with Gasteiger partial charge in [0.25, 0.3) is 0 Å². The molecule has 1 aromatic carbocycles. The van der Waals surface area contributed by atoms with E-state index in [2.05, 4.69) is 22.0 Å². The molecular weight excluding hydrogens is 518 g/mol. The van der Waals surface area contributed by atoms with Crippen LogP contribution in [0.15, 0.2) is 29.8 Å². The third-order valence-corrected chi connectivity index (χ3v) is 7.01. The van der Waals surface area contributed by atoms with Gasteiger partial charge in [-0.05, 0) is 71.1 Å². The van der Waals surface area contributed by atoms with E-state index in [1.54, 1.807) is 19.1 Å². The number of allylic oxidation sites excluding steroid dienone is 1. The smallest absolute Gasteiger partial charge is 0.243 e. The van der Waals surface area contributed by atoms with E-state index in [4.69, 9.17) is 9.47 Å². The molecule has 5 N–H and O–H groups in total. The van der Waals surface area contributed by atoms with Crippen LogP contribution >= 0.6 is 0 Å². The van der Waals surface area contributed by atoms with Gasteiger partial charge in [-0.3, -0.25) is 19.2 Å².